The van der Waals surface area contributed by atoms with Gasteiger partial charge in [0.1, 0.15) is 11.4 Å². The molecule has 0 spiro atoms. The van der Waals surface area contributed by atoms with Crippen molar-refractivity contribution in [2.75, 3.05) is 11.1 Å². The molecule has 0 bridgehead atoms. The summed E-state index contributed by atoms with van der Waals surface area (Å²) in [5.74, 6) is 0.529. The first-order chi connectivity index (χ1) is 8.08. The summed E-state index contributed by atoms with van der Waals surface area (Å²) < 4.78 is 1.60. The molecule has 2 rings (SSSR count). The van der Waals surface area contributed by atoms with Crippen LogP contribution in [0, 0.1) is 10.1 Å². The molecule has 0 unspecified atom stereocenters. The van der Waals surface area contributed by atoms with E-state index in [4.69, 9.17) is 5.73 Å². The number of nitrogens with zero attached hydrogens (tertiary/aromatic N) is 3. The lowest BCUT2D eigenvalue weighted by atomic mass is 10.2. The van der Waals surface area contributed by atoms with Gasteiger partial charge in [0.05, 0.1) is 4.92 Å². The minimum absolute atomic E-state index is 0.121. The van der Waals surface area contributed by atoms with E-state index in [1.54, 1.807) is 36.1 Å². The van der Waals surface area contributed by atoms with Gasteiger partial charge in [-0.1, -0.05) is 6.07 Å². The Kier molecular flexibility index (Phi) is 2.65. The SMILES string of the molecule is Cn1ccc(Nc2cccc(N)c2[N+](=O)[O-])n1. The second-order valence-corrected chi connectivity index (χ2v) is 3.50. The summed E-state index contributed by atoms with van der Waals surface area (Å²) in [7, 11) is 1.76. The van der Waals surface area contributed by atoms with Crippen LogP contribution >= 0.6 is 0 Å². The topological polar surface area (TPSA) is 99.0 Å². The fourth-order valence-electron chi connectivity index (χ4n) is 1.49. The first-order valence-corrected chi connectivity index (χ1v) is 4.87. The van der Waals surface area contributed by atoms with Crippen LogP contribution in [0.1, 0.15) is 0 Å². The number of nitrogen functional groups attached to an aromatic ring is 1. The maximum absolute atomic E-state index is 10.9. The summed E-state index contributed by atoms with van der Waals surface area (Å²) >= 11 is 0. The molecule has 0 saturated heterocycles. The quantitative estimate of drug-likeness (QED) is 0.477. The molecule has 1 heterocycles. The van der Waals surface area contributed by atoms with E-state index >= 15 is 0 Å². The molecule has 0 amide bonds. The second-order valence-electron chi connectivity index (χ2n) is 3.50. The third kappa shape index (κ3) is 2.17. The number of aromatic nitrogens is 2. The van der Waals surface area contributed by atoms with E-state index in [2.05, 4.69) is 10.4 Å². The smallest absolute Gasteiger partial charge is 0.315 e. The van der Waals surface area contributed by atoms with E-state index in [0.717, 1.165) is 0 Å². The lowest BCUT2D eigenvalue weighted by molar-refractivity contribution is -0.383. The molecule has 7 nitrogen and oxygen atoms in total. The summed E-state index contributed by atoms with van der Waals surface area (Å²) in [6, 6.07) is 6.44. The largest absolute Gasteiger partial charge is 0.393 e. The Hall–Kier alpha value is -2.57. The Balaban J connectivity index is 2.39. The Morgan fingerprint density at radius 2 is 2.24 bits per heavy atom. The van der Waals surface area contributed by atoms with Gasteiger partial charge in [-0.05, 0) is 12.1 Å². The van der Waals surface area contributed by atoms with Crippen LogP contribution in [0.2, 0.25) is 0 Å². The number of anilines is 3. The van der Waals surface area contributed by atoms with Crippen molar-refractivity contribution >= 4 is 22.9 Å². The predicted molar refractivity (Wildman–Crippen MR) is 64.0 cm³/mol. The molecule has 0 aliphatic rings. The monoisotopic (exact) mass is 233 g/mol. The number of rotatable bonds is 3. The van der Waals surface area contributed by atoms with Crippen molar-refractivity contribution < 1.29 is 4.92 Å². The highest BCUT2D eigenvalue weighted by molar-refractivity contribution is 5.77. The highest BCUT2D eigenvalue weighted by Gasteiger charge is 2.18. The minimum Gasteiger partial charge on any atom is -0.393 e. The zero-order valence-corrected chi connectivity index (χ0v) is 9.12. The fourth-order valence-corrected chi connectivity index (χ4v) is 1.49. The molecule has 1 aromatic heterocycles. The maximum atomic E-state index is 10.9. The summed E-state index contributed by atoms with van der Waals surface area (Å²) in [5, 5.41) is 17.8. The van der Waals surface area contributed by atoms with Crippen molar-refractivity contribution in [3.05, 3.63) is 40.6 Å². The number of nitro groups is 1. The molecule has 0 fully saturated rings. The molecule has 2 aromatic rings. The van der Waals surface area contributed by atoms with Crippen molar-refractivity contribution in [1.82, 2.24) is 9.78 Å². The molecule has 0 atom stereocenters. The van der Waals surface area contributed by atoms with Gasteiger partial charge >= 0.3 is 5.69 Å². The molecular formula is C10H11N5O2. The van der Waals surface area contributed by atoms with E-state index < -0.39 is 4.92 Å². The molecule has 0 aliphatic heterocycles. The molecule has 0 saturated carbocycles. The Morgan fingerprint density at radius 1 is 1.47 bits per heavy atom. The standard InChI is InChI=1S/C10H11N5O2/c1-14-6-5-9(13-14)12-8-4-2-3-7(11)10(8)15(16)17/h2-6H,11H2,1H3,(H,12,13). The summed E-state index contributed by atoms with van der Waals surface area (Å²) in [4.78, 5) is 10.4. The molecule has 0 aliphatic carbocycles. The number of para-hydroxylation sites is 1. The highest BCUT2D eigenvalue weighted by Crippen LogP contribution is 2.32. The van der Waals surface area contributed by atoms with E-state index in [1.165, 1.54) is 6.07 Å². The molecule has 17 heavy (non-hydrogen) atoms. The third-order valence-electron chi connectivity index (χ3n) is 2.23. The van der Waals surface area contributed by atoms with Gasteiger partial charge in [0.2, 0.25) is 0 Å². The second kappa shape index (κ2) is 4.12. The van der Waals surface area contributed by atoms with Gasteiger partial charge in [-0.2, -0.15) is 5.10 Å². The lowest BCUT2D eigenvalue weighted by Gasteiger charge is -2.05. The Morgan fingerprint density at radius 3 is 2.82 bits per heavy atom. The van der Waals surface area contributed by atoms with E-state index in [1.807, 2.05) is 0 Å². The van der Waals surface area contributed by atoms with Crippen LogP contribution in [0.4, 0.5) is 22.9 Å². The predicted octanol–water partition coefficient (Wildman–Crippen LogP) is 1.65. The number of benzene rings is 1. The molecule has 3 N–H and O–H groups in total. The minimum atomic E-state index is -0.513. The van der Waals surface area contributed by atoms with Gasteiger partial charge in [-0.3, -0.25) is 14.8 Å². The first-order valence-electron chi connectivity index (χ1n) is 4.87. The number of nitro benzene ring substituents is 1. The van der Waals surface area contributed by atoms with E-state index in [9.17, 15) is 10.1 Å². The van der Waals surface area contributed by atoms with Crippen LogP contribution in [-0.4, -0.2) is 14.7 Å². The van der Waals surface area contributed by atoms with Crippen molar-refractivity contribution in [2.24, 2.45) is 7.05 Å². The average molecular weight is 233 g/mol. The van der Waals surface area contributed by atoms with Gasteiger partial charge in [0, 0.05) is 19.3 Å². The van der Waals surface area contributed by atoms with Crippen molar-refractivity contribution in [2.45, 2.75) is 0 Å². The molecule has 1 aromatic carbocycles. The van der Waals surface area contributed by atoms with Crippen LogP contribution in [0.5, 0.6) is 0 Å². The highest BCUT2D eigenvalue weighted by atomic mass is 16.6. The number of hydrogen-bond donors (Lipinski definition) is 2. The zero-order valence-electron chi connectivity index (χ0n) is 9.12. The normalized spacial score (nSPS) is 10.2. The van der Waals surface area contributed by atoms with Crippen LogP contribution in [0.25, 0.3) is 0 Å². The van der Waals surface area contributed by atoms with Crippen LogP contribution < -0.4 is 11.1 Å². The van der Waals surface area contributed by atoms with Gasteiger partial charge < -0.3 is 11.1 Å². The van der Waals surface area contributed by atoms with E-state index in [0.29, 0.717) is 11.5 Å². The van der Waals surface area contributed by atoms with Crippen LogP contribution in [-0.2, 0) is 7.05 Å². The molecule has 0 radical (unpaired) electrons. The molecule has 88 valence electrons. The zero-order chi connectivity index (χ0) is 12.4. The summed E-state index contributed by atoms with van der Waals surface area (Å²) in [6.45, 7) is 0. The van der Waals surface area contributed by atoms with Gasteiger partial charge in [-0.15, -0.1) is 0 Å². The van der Waals surface area contributed by atoms with Gasteiger partial charge in [0.15, 0.2) is 5.82 Å². The summed E-state index contributed by atoms with van der Waals surface area (Å²) in [5.41, 5.74) is 5.88. The summed E-state index contributed by atoms with van der Waals surface area (Å²) in [6.07, 6.45) is 1.74. The fraction of sp³-hybridized carbons (Fsp3) is 0.100. The Bertz CT molecular complexity index is 564. The van der Waals surface area contributed by atoms with Gasteiger partial charge in [0.25, 0.3) is 0 Å². The van der Waals surface area contributed by atoms with Crippen LogP contribution in [0.15, 0.2) is 30.5 Å². The number of aryl methyl sites for hydroxylation is 1. The lowest BCUT2D eigenvalue weighted by Crippen LogP contribution is -2.01. The maximum Gasteiger partial charge on any atom is 0.315 e. The molecule has 7 heteroatoms. The van der Waals surface area contributed by atoms with Gasteiger partial charge in [-0.25, -0.2) is 0 Å². The number of hydrogen-bond acceptors (Lipinski definition) is 5. The Labute approximate surface area is 97.0 Å². The average Bonchev–Trinajstić information content (AvgIpc) is 2.63. The van der Waals surface area contributed by atoms with Crippen molar-refractivity contribution in [1.29, 1.82) is 0 Å². The van der Waals surface area contributed by atoms with Crippen molar-refractivity contribution in [3.63, 3.8) is 0 Å². The third-order valence-corrected chi connectivity index (χ3v) is 2.23. The van der Waals surface area contributed by atoms with Crippen molar-refractivity contribution in [3.8, 4) is 0 Å². The van der Waals surface area contributed by atoms with Crippen LogP contribution in [0.3, 0.4) is 0 Å². The number of nitrogens with one attached hydrogen (secondary N) is 1. The first kappa shape index (κ1) is 10.9. The molecular weight excluding hydrogens is 222 g/mol. The number of nitrogens with two attached hydrogens (primary N) is 1. The van der Waals surface area contributed by atoms with E-state index in [-0.39, 0.29) is 11.4 Å².